The molecule has 0 spiro atoms. The van der Waals surface area contributed by atoms with Gasteiger partial charge in [-0.25, -0.2) is 0 Å². The molecule has 0 aliphatic heterocycles. The van der Waals surface area contributed by atoms with Crippen molar-refractivity contribution in [3.8, 4) is 0 Å². The monoisotopic (exact) mass is 263 g/mol. The highest BCUT2D eigenvalue weighted by atomic mass is 16.4. The summed E-state index contributed by atoms with van der Waals surface area (Å²) in [4.78, 5) is 2.29. The van der Waals surface area contributed by atoms with Crippen LogP contribution in [0.15, 0.2) is 35.5 Å². The van der Waals surface area contributed by atoms with Crippen LogP contribution in [0.3, 0.4) is 0 Å². The fourth-order valence-electron chi connectivity index (χ4n) is 2.47. The van der Waals surface area contributed by atoms with Gasteiger partial charge in [0, 0.05) is 12.6 Å². The third-order valence-corrected chi connectivity index (χ3v) is 3.71. The number of benzene rings is 1. The molecule has 1 aromatic carbocycles. The summed E-state index contributed by atoms with van der Waals surface area (Å²) in [6.07, 6.45) is 2.20. The molecule has 0 aliphatic rings. The molecule has 0 amide bonds. The van der Waals surface area contributed by atoms with E-state index >= 15 is 0 Å². The zero-order valence-corrected chi connectivity index (χ0v) is 12.1. The Hall–Kier alpha value is -1.55. The summed E-state index contributed by atoms with van der Waals surface area (Å²) in [5.41, 5.74) is 6.93. The van der Waals surface area contributed by atoms with Gasteiger partial charge in [0.25, 0.3) is 0 Å². The quantitative estimate of drug-likeness (QED) is 0.344. The van der Waals surface area contributed by atoms with Crippen LogP contribution < -0.4 is 5.73 Å². The molecule has 0 fully saturated rings. The average molecular weight is 263 g/mol. The molecule has 1 rings (SSSR count). The van der Waals surface area contributed by atoms with Gasteiger partial charge in [-0.15, -0.1) is 0 Å². The Kier molecular flexibility index (Phi) is 6.36. The van der Waals surface area contributed by atoms with Crippen molar-refractivity contribution in [3.05, 3.63) is 35.9 Å². The Labute approximate surface area is 115 Å². The molecule has 0 heterocycles. The van der Waals surface area contributed by atoms with E-state index in [1.54, 1.807) is 0 Å². The first-order valence-electron chi connectivity index (χ1n) is 6.86. The zero-order valence-electron chi connectivity index (χ0n) is 12.1. The highest BCUT2D eigenvalue weighted by molar-refractivity contribution is 5.87. The molecule has 1 unspecified atom stereocenters. The standard InChI is InChI=1S/C15H25N3O/c1-4-13(5-2)18(3)11-14(15(16)17-19)12-9-7-6-8-10-12/h6-10,13-14,19H,4-5,11H2,1-3H3,(H2,16,17). The first kappa shape index (κ1) is 15.5. The van der Waals surface area contributed by atoms with Crippen LogP contribution in [0.25, 0.3) is 0 Å². The molecule has 0 aliphatic carbocycles. The van der Waals surface area contributed by atoms with Gasteiger partial charge in [-0.05, 0) is 25.5 Å². The van der Waals surface area contributed by atoms with Crippen molar-refractivity contribution in [1.82, 2.24) is 4.90 Å². The Morgan fingerprint density at radius 1 is 1.26 bits per heavy atom. The van der Waals surface area contributed by atoms with E-state index in [4.69, 9.17) is 10.9 Å². The lowest BCUT2D eigenvalue weighted by Gasteiger charge is -2.29. The lowest BCUT2D eigenvalue weighted by molar-refractivity contribution is 0.225. The van der Waals surface area contributed by atoms with Crippen molar-refractivity contribution in [2.75, 3.05) is 13.6 Å². The Bertz CT molecular complexity index is 388. The first-order valence-corrected chi connectivity index (χ1v) is 6.86. The number of rotatable bonds is 7. The molecule has 3 N–H and O–H groups in total. The second-order valence-corrected chi connectivity index (χ2v) is 4.90. The predicted molar refractivity (Wildman–Crippen MR) is 79.6 cm³/mol. The van der Waals surface area contributed by atoms with E-state index in [0.717, 1.165) is 24.9 Å². The Morgan fingerprint density at radius 3 is 2.32 bits per heavy atom. The topological polar surface area (TPSA) is 61.8 Å². The van der Waals surface area contributed by atoms with E-state index in [9.17, 15) is 0 Å². The molecule has 4 heteroatoms. The van der Waals surface area contributed by atoms with Gasteiger partial charge in [-0.1, -0.05) is 49.3 Å². The number of likely N-dealkylation sites (N-methyl/N-ethyl adjacent to an activating group) is 1. The zero-order chi connectivity index (χ0) is 14.3. The minimum absolute atomic E-state index is 0.0724. The number of hydrogen-bond donors (Lipinski definition) is 2. The van der Waals surface area contributed by atoms with Gasteiger partial charge in [0.1, 0.15) is 5.84 Å². The maximum atomic E-state index is 8.98. The van der Waals surface area contributed by atoms with Crippen molar-refractivity contribution in [1.29, 1.82) is 0 Å². The molecule has 0 saturated heterocycles. The van der Waals surface area contributed by atoms with Crippen LogP contribution in [0.4, 0.5) is 0 Å². The van der Waals surface area contributed by atoms with E-state index in [1.807, 2.05) is 30.3 Å². The maximum absolute atomic E-state index is 8.98. The van der Waals surface area contributed by atoms with Gasteiger partial charge in [0.15, 0.2) is 0 Å². The van der Waals surface area contributed by atoms with E-state index in [2.05, 4.69) is 31.0 Å². The van der Waals surface area contributed by atoms with Gasteiger partial charge >= 0.3 is 0 Å². The third-order valence-electron chi connectivity index (χ3n) is 3.71. The third kappa shape index (κ3) is 4.24. The molecule has 0 saturated carbocycles. The Morgan fingerprint density at radius 2 is 1.84 bits per heavy atom. The molecule has 1 aromatic rings. The summed E-state index contributed by atoms with van der Waals surface area (Å²) in [7, 11) is 2.10. The number of hydrogen-bond acceptors (Lipinski definition) is 3. The summed E-state index contributed by atoms with van der Waals surface area (Å²) in [5, 5.41) is 12.2. The van der Waals surface area contributed by atoms with Crippen LogP contribution in [0, 0.1) is 0 Å². The minimum atomic E-state index is -0.0724. The van der Waals surface area contributed by atoms with Crippen molar-refractivity contribution in [2.45, 2.75) is 38.6 Å². The predicted octanol–water partition coefficient (Wildman–Crippen LogP) is 2.64. The van der Waals surface area contributed by atoms with Gasteiger partial charge in [-0.3, -0.25) is 0 Å². The van der Waals surface area contributed by atoms with Crippen LogP contribution in [-0.4, -0.2) is 35.6 Å². The normalized spacial score (nSPS) is 14.1. The van der Waals surface area contributed by atoms with Gasteiger partial charge < -0.3 is 15.8 Å². The van der Waals surface area contributed by atoms with Crippen molar-refractivity contribution < 1.29 is 5.21 Å². The van der Waals surface area contributed by atoms with Crippen molar-refractivity contribution in [3.63, 3.8) is 0 Å². The van der Waals surface area contributed by atoms with E-state index in [1.165, 1.54) is 0 Å². The maximum Gasteiger partial charge on any atom is 0.147 e. The molecule has 0 aromatic heterocycles. The Balaban J connectivity index is 2.88. The summed E-state index contributed by atoms with van der Waals surface area (Å²) >= 11 is 0. The number of amidine groups is 1. The summed E-state index contributed by atoms with van der Waals surface area (Å²) < 4.78 is 0. The summed E-state index contributed by atoms with van der Waals surface area (Å²) in [6, 6.07) is 10.5. The summed E-state index contributed by atoms with van der Waals surface area (Å²) in [6.45, 7) is 5.13. The second kappa shape index (κ2) is 7.79. The largest absolute Gasteiger partial charge is 0.409 e. The van der Waals surface area contributed by atoms with Crippen LogP contribution in [0.2, 0.25) is 0 Å². The lowest BCUT2D eigenvalue weighted by Crippen LogP contribution is -2.38. The smallest absolute Gasteiger partial charge is 0.147 e. The van der Waals surface area contributed by atoms with Crippen molar-refractivity contribution >= 4 is 5.84 Å². The second-order valence-electron chi connectivity index (χ2n) is 4.90. The number of nitrogens with zero attached hydrogens (tertiary/aromatic N) is 2. The minimum Gasteiger partial charge on any atom is -0.409 e. The molecule has 0 bridgehead atoms. The number of nitrogens with two attached hydrogens (primary N) is 1. The molecular formula is C15H25N3O. The van der Waals surface area contributed by atoms with Gasteiger partial charge in [-0.2, -0.15) is 0 Å². The summed E-state index contributed by atoms with van der Waals surface area (Å²) in [5.74, 6) is 0.195. The molecule has 19 heavy (non-hydrogen) atoms. The van der Waals surface area contributed by atoms with Crippen LogP contribution in [0.5, 0.6) is 0 Å². The van der Waals surface area contributed by atoms with E-state index in [0.29, 0.717) is 6.04 Å². The fourth-order valence-corrected chi connectivity index (χ4v) is 2.47. The van der Waals surface area contributed by atoms with E-state index in [-0.39, 0.29) is 11.8 Å². The molecule has 106 valence electrons. The molecule has 1 atom stereocenters. The fraction of sp³-hybridized carbons (Fsp3) is 0.533. The first-order chi connectivity index (χ1) is 9.13. The van der Waals surface area contributed by atoms with Crippen LogP contribution in [-0.2, 0) is 0 Å². The lowest BCUT2D eigenvalue weighted by atomic mass is 9.96. The van der Waals surface area contributed by atoms with Crippen molar-refractivity contribution in [2.24, 2.45) is 10.9 Å². The average Bonchev–Trinajstić information content (AvgIpc) is 2.46. The molecular weight excluding hydrogens is 238 g/mol. The number of oxime groups is 1. The van der Waals surface area contributed by atoms with Gasteiger partial charge in [0.05, 0.1) is 5.92 Å². The van der Waals surface area contributed by atoms with Crippen LogP contribution in [0.1, 0.15) is 38.2 Å². The van der Waals surface area contributed by atoms with Gasteiger partial charge in [0.2, 0.25) is 0 Å². The van der Waals surface area contributed by atoms with E-state index < -0.39 is 0 Å². The molecule has 0 radical (unpaired) electrons. The highest BCUT2D eigenvalue weighted by Gasteiger charge is 2.21. The highest BCUT2D eigenvalue weighted by Crippen LogP contribution is 2.19. The molecule has 4 nitrogen and oxygen atoms in total. The van der Waals surface area contributed by atoms with Crippen LogP contribution >= 0.6 is 0 Å². The SMILES string of the molecule is CCC(CC)N(C)CC(C(N)=NO)c1ccccc1.